The van der Waals surface area contributed by atoms with Crippen LogP contribution in [0.5, 0.6) is 0 Å². The number of piperazine rings is 1. The zero-order valence-electron chi connectivity index (χ0n) is 17.4. The van der Waals surface area contributed by atoms with Gasteiger partial charge in [-0.2, -0.15) is 0 Å². The second-order valence-electron chi connectivity index (χ2n) is 7.81. The van der Waals surface area contributed by atoms with Crippen LogP contribution < -0.4 is 4.72 Å². The van der Waals surface area contributed by atoms with Crippen LogP contribution >= 0.6 is 11.6 Å². The number of hydrogen-bond donors (Lipinski definition) is 2. The first-order valence-corrected chi connectivity index (χ1v) is 12.6. The van der Waals surface area contributed by atoms with Gasteiger partial charge >= 0.3 is 0 Å². The van der Waals surface area contributed by atoms with Gasteiger partial charge in [0.1, 0.15) is 0 Å². The summed E-state index contributed by atoms with van der Waals surface area (Å²) in [6.07, 6.45) is 4.07. The number of aliphatic hydroxyl groups excluding tert-OH is 1. The van der Waals surface area contributed by atoms with E-state index >= 15 is 0 Å². The van der Waals surface area contributed by atoms with Crippen LogP contribution in [0.25, 0.3) is 10.8 Å². The van der Waals surface area contributed by atoms with Gasteiger partial charge < -0.3 is 10.0 Å². The number of aliphatic hydroxyl groups is 1. The van der Waals surface area contributed by atoms with Gasteiger partial charge in [-0.15, -0.1) is 0 Å². The van der Waals surface area contributed by atoms with Crippen molar-refractivity contribution in [3.8, 4) is 0 Å². The van der Waals surface area contributed by atoms with Crippen LogP contribution in [-0.2, 0) is 10.0 Å². The van der Waals surface area contributed by atoms with Gasteiger partial charge in [0.25, 0.3) is 0 Å². The molecule has 3 rings (SSSR count). The van der Waals surface area contributed by atoms with E-state index in [4.69, 9.17) is 16.7 Å². The number of sulfonamides is 1. The largest absolute Gasteiger partial charge is 0.395 e. The number of rotatable bonds is 11. The van der Waals surface area contributed by atoms with Crippen LogP contribution in [0.1, 0.15) is 25.7 Å². The van der Waals surface area contributed by atoms with E-state index in [2.05, 4.69) is 14.5 Å². The Hall–Kier alpha value is -1.22. The summed E-state index contributed by atoms with van der Waals surface area (Å²) in [7, 11) is -3.56. The van der Waals surface area contributed by atoms with E-state index in [9.17, 15) is 8.42 Å². The smallest absolute Gasteiger partial charge is 0.241 e. The van der Waals surface area contributed by atoms with Crippen LogP contribution in [0.4, 0.5) is 0 Å². The predicted molar refractivity (Wildman–Crippen MR) is 123 cm³/mol. The molecular formula is C22H32ClN3O3S. The van der Waals surface area contributed by atoms with Gasteiger partial charge in [0.2, 0.25) is 10.0 Å². The number of hydrogen-bond acceptors (Lipinski definition) is 5. The van der Waals surface area contributed by atoms with E-state index in [1.54, 1.807) is 30.3 Å². The summed E-state index contributed by atoms with van der Waals surface area (Å²) < 4.78 is 28.2. The fourth-order valence-corrected chi connectivity index (χ4v) is 5.48. The molecule has 0 aromatic heterocycles. The van der Waals surface area contributed by atoms with Gasteiger partial charge in [-0.1, -0.05) is 48.7 Å². The number of nitrogens with one attached hydrogen (secondary N) is 1. The molecule has 1 saturated heterocycles. The Labute approximate surface area is 184 Å². The van der Waals surface area contributed by atoms with Gasteiger partial charge in [-0.25, -0.2) is 13.1 Å². The number of halogens is 1. The number of β-amino-alcohol motifs (C(OH)–C–C–N with tert-alkyl or cyclic N) is 1. The minimum absolute atomic E-state index is 0.234. The molecule has 1 aliphatic rings. The molecular weight excluding hydrogens is 422 g/mol. The highest BCUT2D eigenvalue weighted by Gasteiger charge is 2.18. The summed E-state index contributed by atoms with van der Waals surface area (Å²) >= 11 is 6.20. The molecule has 0 saturated carbocycles. The van der Waals surface area contributed by atoms with E-state index in [1.165, 1.54) is 0 Å². The van der Waals surface area contributed by atoms with Crippen LogP contribution in [0.3, 0.4) is 0 Å². The van der Waals surface area contributed by atoms with Crippen LogP contribution in [-0.4, -0.2) is 75.7 Å². The lowest BCUT2D eigenvalue weighted by atomic mass is 10.1. The van der Waals surface area contributed by atoms with Crippen LogP contribution in [0.15, 0.2) is 41.3 Å². The molecule has 2 aromatic rings. The first kappa shape index (κ1) is 23.4. The van der Waals surface area contributed by atoms with Gasteiger partial charge in [0, 0.05) is 55.1 Å². The molecule has 2 aromatic carbocycles. The standard InChI is InChI=1S/C22H32ClN3O3S/c23-21-9-5-8-20-19(21)7-6-10-22(20)30(28,29)24-11-3-1-2-4-12-25-13-15-26(16-14-25)17-18-27/h5-10,24,27H,1-4,11-18H2. The van der Waals surface area contributed by atoms with E-state index in [1.807, 2.05) is 6.07 Å². The van der Waals surface area contributed by atoms with Crippen molar-refractivity contribution in [1.29, 1.82) is 0 Å². The van der Waals surface area contributed by atoms with Gasteiger partial charge in [0.15, 0.2) is 0 Å². The third kappa shape index (κ3) is 6.39. The van der Waals surface area contributed by atoms with E-state index in [0.717, 1.165) is 70.3 Å². The normalized spacial score (nSPS) is 16.3. The van der Waals surface area contributed by atoms with Gasteiger partial charge in [-0.05, 0) is 31.5 Å². The van der Waals surface area contributed by atoms with E-state index in [0.29, 0.717) is 17.0 Å². The maximum atomic E-state index is 12.7. The van der Waals surface area contributed by atoms with Crippen molar-refractivity contribution < 1.29 is 13.5 Å². The molecule has 6 nitrogen and oxygen atoms in total. The highest BCUT2D eigenvalue weighted by atomic mass is 35.5. The quantitative estimate of drug-likeness (QED) is 0.512. The summed E-state index contributed by atoms with van der Waals surface area (Å²) in [5.41, 5.74) is 0. The minimum Gasteiger partial charge on any atom is -0.395 e. The molecule has 2 N–H and O–H groups in total. The number of nitrogens with zero attached hydrogens (tertiary/aromatic N) is 2. The maximum absolute atomic E-state index is 12.7. The first-order valence-electron chi connectivity index (χ1n) is 10.7. The predicted octanol–water partition coefficient (Wildman–Crippen LogP) is 2.94. The molecule has 166 valence electrons. The topological polar surface area (TPSA) is 72.9 Å². The van der Waals surface area contributed by atoms with Crippen molar-refractivity contribution >= 4 is 32.4 Å². The summed E-state index contributed by atoms with van der Waals surface area (Å²) in [5, 5.41) is 11.0. The maximum Gasteiger partial charge on any atom is 0.241 e. The van der Waals surface area contributed by atoms with Crippen LogP contribution in [0, 0.1) is 0 Å². The molecule has 8 heteroatoms. The SMILES string of the molecule is O=S(=O)(NCCCCCCN1CCN(CCO)CC1)c1cccc2c(Cl)cccc12. The van der Waals surface area contributed by atoms with Crippen molar-refractivity contribution in [2.45, 2.75) is 30.6 Å². The van der Waals surface area contributed by atoms with Crippen molar-refractivity contribution in [2.75, 3.05) is 52.4 Å². The number of benzene rings is 2. The lowest BCUT2D eigenvalue weighted by molar-refractivity contribution is 0.111. The zero-order chi connectivity index (χ0) is 21.4. The molecule has 1 heterocycles. The summed E-state index contributed by atoms with van der Waals surface area (Å²) in [6, 6.07) is 10.5. The summed E-state index contributed by atoms with van der Waals surface area (Å²) in [6.45, 7) is 6.73. The highest BCUT2D eigenvalue weighted by Crippen LogP contribution is 2.28. The average Bonchev–Trinajstić information content (AvgIpc) is 2.74. The molecule has 0 amide bonds. The Morgan fingerprint density at radius 3 is 2.23 bits per heavy atom. The highest BCUT2D eigenvalue weighted by molar-refractivity contribution is 7.89. The average molecular weight is 454 g/mol. The zero-order valence-corrected chi connectivity index (χ0v) is 19.0. The summed E-state index contributed by atoms with van der Waals surface area (Å²) in [4.78, 5) is 5.05. The Bertz CT molecular complexity index is 915. The van der Waals surface area contributed by atoms with E-state index in [-0.39, 0.29) is 11.5 Å². The fraction of sp³-hybridized carbons (Fsp3) is 0.545. The molecule has 0 unspecified atom stereocenters. The molecule has 0 radical (unpaired) electrons. The third-order valence-electron chi connectivity index (χ3n) is 5.69. The third-order valence-corrected chi connectivity index (χ3v) is 7.54. The van der Waals surface area contributed by atoms with Gasteiger partial charge in [-0.3, -0.25) is 4.90 Å². The second-order valence-corrected chi connectivity index (χ2v) is 9.95. The second kappa shape index (κ2) is 11.4. The fourth-order valence-electron chi connectivity index (χ4n) is 3.95. The van der Waals surface area contributed by atoms with E-state index < -0.39 is 10.0 Å². The molecule has 1 fully saturated rings. The lowest BCUT2D eigenvalue weighted by Gasteiger charge is -2.34. The van der Waals surface area contributed by atoms with Crippen molar-refractivity contribution in [3.63, 3.8) is 0 Å². The Kier molecular flexibility index (Phi) is 8.92. The minimum atomic E-state index is -3.56. The van der Waals surface area contributed by atoms with Crippen molar-refractivity contribution in [2.24, 2.45) is 0 Å². The molecule has 1 aliphatic heterocycles. The van der Waals surface area contributed by atoms with Crippen molar-refractivity contribution in [3.05, 3.63) is 41.4 Å². The Morgan fingerprint density at radius 1 is 0.867 bits per heavy atom. The van der Waals surface area contributed by atoms with Crippen molar-refractivity contribution in [1.82, 2.24) is 14.5 Å². The molecule has 30 heavy (non-hydrogen) atoms. The Balaban J connectivity index is 1.36. The van der Waals surface area contributed by atoms with Gasteiger partial charge in [0.05, 0.1) is 11.5 Å². The molecule has 0 atom stereocenters. The molecule has 0 spiro atoms. The number of unbranched alkanes of at least 4 members (excludes halogenated alkanes) is 3. The molecule has 0 aliphatic carbocycles. The first-order chi connectivity index (χ1) is 14.5. The lowest BCUT2D eigenvalue weighted by Crippen LogP contribution is -2.47. The number of fused-ring (bicyclic) bond motifs is 1. The summed E-state index contributed by atoms with van der Waals surface area (Å²) in [5.74, 6) is 0. The Morgan fingerprint density at radius 2 is 1.50 bits per heavy atom. The van der Waals surface area contributed by atoms with Crippen LogP contribution in [0.2, 0.25) is 5.02 Å². The monoisotopic (exact) mass is 453 g/mol. The molecule has 0 bridgehead atoms.